The van der Waals surface area contributed by atoms with Gasteiger partial charge in [0.1, 0.15) is 5.82 Å². The fraction of sp³-hybridized carbons (Fsp3) is 0.286. The van der Waals surface area contributed by atoms with Crippen LogP contribution in [0.3, 0.4) is 0 Å². The van der Waals surface area contributed by atoms with Gasteiger partial charge in [0.2, 0.25) is 6.79 Å². The first kappa shape index (κ1) is 11.9. The molecule has 5 nitrogen and oxygen atoms in total. The molecule has 1 aliphatic rings. The van der Waals surface area contributed by atoms with Crippen LogP contribution in [0, 0.1) is 0 Å². The van der Waals surface area contributed by atoms with Gasteiger partial charge < -0.3 is 14.8 Å². The molecule has 2 aromatic rings. The van der Waals surface area contributed by atoms with E-state index in [1.807, 2.05) is 31.3 Å². The Hall–Kier alpha value is -2.14. The molecular weight excluding hydrogens is 242 g/mol. The van der Waals surface area contributed by atoms with E-state index in [9.17, 15) is 0 Å². The van der Waals surface area contributed by atoms with Crippen LogP contribution in [0.25, 0.3) is 11.3 Å². The minimum absolute atomic E-state index is 0.288. The van der Waals surface area contributed by atoms with Gasteiger partial charge in [-0.25, -0.2) is 9.97 Å². The van der Waals surface area contributed by atoms with Gasteiger partial charge in [0.25, 0.3) is 0 Å². The summed E-state index contributed by atoms with van der Waals surface area (Å²) in [6.45, 7) is 1.15. The zero-order valence-electron chi connectivity index (χ0n) is 10.7. The van der Waals surface area contributed by atoms with Crippen LogP contribution < -0.4 is 14.8 Å². The van der Waals surface area contributed by atoms with Crippen LogP contribution in [-0.4, -0.2) is 30.4 Å². The summed E-state index contributed by atoms with van der Waals surface area (Å²) in [7, 11) is 1.92. The van der Waals surface area contributed by atoms with Gasteiger partial charge in [-0.1, -0.05) is 0 Å². The van der Waals surface area contributed by atoms with Crippen molar-refractivity contribution in [2.45, 2.75) is 6.42 Å². The van der Waals surface area contributed by atoms with Gasteiger partial charge >= 0.3 is 0 Å². The van der Waals surface area contributed by atoms with Crippen molar-refractivity contribution in [3.8, 4) is 22.8 Å². The lowest BCUT2D eigenvalue weighted by molar-refractivity contribution is 0.174. The van der Waals surface area contributed by atoms with Crippen LogP contribution in [0.4, 0.5) is 0 Å². The fourth-order valence-electron chi connectivity index (χ4n) is 1.97. The molecule has 0 saturated heterocycles. The third-order valence-electron chi connectivity index (χ3n) is 2.97. The summed E-state index contributed by atoms with van der Waals surface area (Å²) in [6, 6.07) is 7.75. The highest BCUT2D eigenvalue weighted by atomic mass is 16.7. The molecule has 5 heteroatoms. The maximum atomic E-state index is 5.38. The molecular formula is C14H15N3O2. The maximum Gasteiger partial charge on any atom is 0.231 e. The van der Waals surface area contributed by atoms with Gasteiger partial charge in [-0.3, -0.25) is 0 Å². The van der Waals surface area contributed by atoms with Crippen LogP contribution in [-0.2, 0) is 6.42 Å². The van der Waals surface area contributed by atoms with Gasteiger partial charge in [0.15, 0.2) is 11.5 Å². The van der Waals surface area contributed by atoms with E-state index in [4.69, 9.17) is 9.47 Å². The quantitative estimate of drug-likeness (QED) is 0.902. The number of ether oxygens (including phenoxy) is 2. The molecule has 2 heterocycles. The lowest BCUT2D eigenvalue weighted by Gasteiger charge is -2.05. The number of nitrogens with one attached hydrogen (secondary N) is 1. The Balaban J connectivity index is 1.89. The van der Waals surface area contributed by atoms with E-state index < -0.39 is 0 Å². The molecule has 98 valence electrons. The molecule has 0 radical (unpaired) electrons. The van der Waals surface area contributed by atoms with Crippen molar-refractivity contribution < 1.29 is 9.47 Å². The fourth-order valence-corrected chi connectivity index (χ4v) is 1.97. The SMILES string of the molecule is CNCCc1nccc(-c2ccc3c(c2)OCO3)n1. The molecule has 0 unspecified atom stereocenters. The average molecular weight is 257 g/mol. The summed E-state index contributed by atoms with van der Waals surface area (Å²) in [5.41, 5.74) is 1.91. The Bertz CT molecular complexity index is 587. The highest BCUT2D eigenvalue weighted by Gasteiger charge is 2.14. The Kier molecular flexibility index (Phi) is 3.29. The number of aromatic nitrogens is 2. The molecule has 19 heavy (non-hydrogen) atoms. The summed E-state index contributed by atoms with van der Waals surface area (Å²) >= 11 is 0. The highest BCUT2D eigenvalue weighted by Crippen LogP contribution is 2.35. The minimum atomic E-state index is 0.288. The maximum absolute atomic E-state index is 5.38. The number of rotatable bonds is 4. The smallest absolute Gasteiger partial charge is 0.231 e. The standard InChI is InChI=1S/C14H15N3O2/c1-15-6-5-14-16-7-4-11(17-14)10-2-3-12-13(8-10)19-9-18-12/h2-4,7-8,15H,5-6,9H2,1H3. The van der Waals surface area contributed by atoms with Gasteiger partial charge in [-0.15, -0.1) is 0 Å². The zero-order valence-corrected chi connectivity index (χ0v) is 10.7. The number of likely N-dealkylation sites (N-methyl/N-ethyl adjacent to an activating group) is 1. The summed E-state index contributed by atoms with van der Waals surface area (Å²) in [5, 5.41) is 3.09. The Morgan fingerprint density at radius 2 is 2.11 bits per heavy atom. The first-order chi connectivity index (χ1) is 9.36. The van der Waals surface area contributed by atoms with Crippen molar-refractivity contribution in [2.24, 2.45) is 0 Å². The van der Waals surface area contributed by atoms with E-state index in [1.165, 1.54) is 0 Å². The van der Waals surface area contributed by atoms with Gasteiger partial charge in [-0.2, -0.15) is 0 Å². The van der Waals surface area contributed by atoms with Crippen molar-refractivity contribution in [1.82, 2.24) is 15.3 Å². The normalized spacial score (nSPS) is 12.7. The first-order valence-corrected chi connectivity index (χ1v) is 6.23. The molecule has 1 aromatic carbocycles. The number of hydrogen-bond acceptors (Lipinski definition) is 5. The van der Waals surface area contributed by atoms with Crippen molar-refractivity contribution >= 4 is 0 Å². The molecule has 3 rings (SSSR count). The van der Waals surface area contributed by atoms with Crippen LogP contribution in [0.1, 0.15) is 5.82 Å². The Labute approximate surface area is 111 Å². The summed E-state index contributed by atoms with van der Waals surface area (Å²) in [4.78, 5) is 8.83. The largest absolute Gasteiger partial charge is 0.454 e. The minimum Gasteiger partial charge on any atom is -0.454 e. The number of fused-ring (bicyclic) bond motifs is 1. The highest BCUT2D eigenvalue weighted by molar-refractivity contribution is 5.64. The predicted molar refractivity (Wildman–Crippen MR) is 71.2 cm³/mol. The van der Waals surface area contributed by atoms with Crippen molar-refractivity contribution in [2.75, 3.05) is 20.4 Å². The van der Waals surface area contributed by atoms with Crippen LogP contribution in [0.5, 0.6) is 11.5 Å². The number of hydrogen-bond donors (Lipinski definition) is 1. The summed E-state index contributed by atoms with van der Waals surface area (Å²) in [5.74, 6) is 2.39. The van der Waals surface area contributed by atoms with Crippen molar-refractivity contribution in [3.05, 3.63) is 36.3 Å². The number of nitrogens with zero attached hydrogens (tertiary/aromatic N) is 2. The van der Waals surface area contributed by atoms with E-state index in [0.29, 0.717) is 0 Å². The van der Waals surface area contributed by atoms with Crippen LogP contribution in [0.15, 0.2) is 30.5 Å². The third-order valence-corrected chi connectivity index (χ3v) is 2.97. The lowest BCUT2D eigenvalue weighted by atomic mass is 10.1. The average Bonchev–Trinajstić information content (AvgIpc) is 2.92. The van der Waals surface area contributed by atoms with E-state index in [0.717, 1.165) is 41.5 Å². The zero-order chi connectivity index (χ0) is 13.1. The van der Waals surface area contributed by atoms with Crippen LogP contribution in [0.2, 0.25) is 0 Å². The molecule has 0 bridgehead atoms. The molecule has 0 aliphatic carbocycles. The molecule has 1 aromatic heterocycles. The predicted octanol–water partition coefficient (Wildman–Crippen LogP) is 1.63. The molecule has 0 saturated carbocycles. The van der Waals surface area contributed by atoms with Gasteiger partial charge in [0, 0.05) is 24.7 Å². The molecule has 0 atom stereocenters. The second kappa shape index (κ2) is 5.24. The molecule has 0 spiro atoms. The molecule has 1 N–H and O–H groups in total. The topological polar surface area (TPSA) is 56.3 Å². The van der Waals surface area contributed by atoms with Gasteiger partial charge in [-0.05, 0) is 31.3 Å². The third kappa shape index (κ3) is 2.51. The molecule has 0 fully saturated rings. The second-order valence-electron chi connectivity index (χ2n) is 4.28. The molecule has 0 amide bonds. The monoisotopic (exact) mass is 257 g/mol. The second-order valence-corrected chi connectivity index (χ2v) is 4.28. The van der Waals surface area contributed by atoms with E-state index >= 15 is 0 Å². The van der Waals surface area contributed by atoms with Gasteiger partial charge in [0.05, 0.1) is 5.69 Å². The van der Waals surface area contributed by atoms with Crippen molar-refractivity contribution in [1.29, 1.82) is 0 Å². The van der Waals surface area contributed by atoms with E-state index in [2.05, 4.69) is 15.3 Å². The summed E-state index contributed by atoms with van der Waals surface area (Å²) < 4.78 is 10.7. The summed E-state index contributed by atoms with van der Waals surface area (Å²) in [6.07, 6.45) is 2.60. The van der Waals surface area contributed by atoms with Crippen LogP contribution >= 0.6 is 0 Å². The van der Waals surface area contributed by atoms with E-state index in [-0.39, 0.29) is 6.79 Å². The van der Waals surface area contributed by atoms with E-state index in [1.54, 1.807) is 6.20 Å². The Morgan fingerprint density at radius 3 is 3.00 bits per heavy atom. The molecule has 1 aliphatic heterocycles. The Morgan fingerprint density at radius 1 is 1.21 bits per heavy atom. The lowest BCUT2D eigenvalue weighted by Crippen LogP contribution is -2.12. The first-order valence-electron chi connectivity index (χ1n) is 6.23. The van der Waals surface area contributed by atoms with Crippen molar-refractivity contribution in [3.63, 3.8) is 0 Å². The number of benzene rings is 1.